The molecule has 0 spiro atoms. The molecule has 0 unspecified atom stereocenters. The van der Waals surface area contributed by atoms with Gasteiger partial charge < -0.3 is 4.90 Å². The molecule has 124 valence electrons. The minimum Gasteiger partial charge on any atom is -0.340 e. The first-order valence-electron chi connectivity index (χ1n) is 8.53. The van der Waals surface area contributed by atoms with Crippen LogP contribution in [0.1, 0.15) is 52.9 Å². The highest BCUT2D eigenvalue weighted by Gasteiger charge is 2.20. The summed E-state index contributed by atoms with van der Waals surface area (Å²) in [6.07, 6.45) is 3.72. The maximum absolute atomic E-state index is 12.1. The number of ketones is 1. The summed E-state index contributed by atoms with van der Waals surface area (Å²) in [5, 5.41) is 0. The molecule has 22 heavy (non-hydrogen) atoms. The van der Waals surface area contributed by atoms with Crippen LogP contribution in [0.5, 0.6) is 0 Å². The van der Waals surface area contributed by atoms with Crippen molar-refractivity contribution in [2.24, 2.45) is 5.92 Å². The average Bonchev–Trinajstić information content (AvgIpc) is 2.52. The van der Waals surface area contributed by atoms with Crippen molar-refractivity contribution >= 4 is 11.7 Å². The molecule has 0 aliphatic carbocycles. The van der Waals surface area contributed by atoms with Crippen LogP contribution in [0.4, 0.5) is 0 Å². The lowest BCUT2D eigenvalue weighted by Gasteiger charge is -2.33. The summed E-state index contributed by atoms with van der Waals surface area (Å²) in [6, 6.07) is 0. The van der Waals surface area contributed by atoms with Crippen LogP contribution in [0.15, 0.2) is 0 Å². The molecule has 0 aromatic heterocycles. The summed E-state index contributed by atoms with van der Waals surface area (Å²) in [7, 11) is 0. The van der Waals surface area contributed by atoms with E-state index in [-0.39, 0.29) is 11.8 Å². The molecule has 4 nitrogen and oxygen atoms in total. The Balaban J connectivity index is 2.16. The fraction of sp³-hybridized carbons (Fsp3) is 0.778. The number of hydrogen-bond donors (Lipinski definition) is 0. The topological polar surface area (TPSA) is 40.6 Å². The quantitative estimate of drug-likeness (QED) is 0.535. The molecule has 0 N–H and O–H groups in total. The molecule has 1 saturated heterocycles. The lowest BCUT2D eigenvalue weighted by Crippen LogP contribution is -2.48. The lowest BCUT2D eigenvalue weighted by atomic mass is 10.0. The summed E-state index contributed by atoms with van der Waals surface area (Å²) in [5.74, 6) is 6.88. The number of nitrogens with zero attached hydrogens (tertiary/aromatic N) is 2. The van der Waals surface area contributed by atoms with Gasteiger partial charge in [-0.2, -0.15) is 0 Å². The van der Waals surface area contributed by atoms with Crippen LogP contribution in [-0.4, -0.2) is 54.2 Å². The molecule has 0 radical (unpaired) electrons. The summed E-state index contributed by atoms with van der Waals surface area (Å²) in [4.78, 5) is 27.9. The summed E-state index contributed by atoms with van der Waals surface area (Å²) < 4.78 is 0. The lowest BCUT2D eigenvalue weighted by molar-refractivity contribution is -0.133. The van der Waals surface area contributed by atoms with Gasteiger partial charge in [0.15, 0.2) is 0 Å². The second-order valence-electron chi connectivity index (χ2n) is 6.19. The number of carbonyl (C=O) groups is 2. The van der Waals surface area contributed by atoms with Crippen LogP contribution in [0, 0.1) is 17.8 Å². The fourth-order valence-electron chi connectivity index (χ4n) is 2.47. The minimum absolute atomic E-state index is 0.111. The maximum Gasteiger partial charge on any atom is 0.222 e. The Morgan fingerprint density at radius 2 is 1.64 bits per heavy atom. The van der Waals surface area contributed by atoms with Crippen LogP contribution in [0.25, 0.3) is 0 Å². The zero-order chi connectivity index (χ0) is 16.4. The highest BCUT2D eigenvalue weighted by molar-refractivity contribution is 5.80. The largest absolute Gasteiger partial charge is 0.340 e. The third-order valence-corrected chi connectivity index (χ3v) is 4.04. The number of carbonyl (C=O) groups excluding carboxylic acids is 2. The number of amides is 1. The molecule has 4 heteroatoms. The summed E-state index contributed by atoms with van der Waals surface area (Å²) in [5.41, 5.74) is 0. The predicted octanol–water partition coefficient (Wildman–Crippen LogP) is 2.33. The van der Waals surface area contributed by atoms with Gasteiger partial charge >= 0.3 is 0 Å². The van der Waals surface area contributed by atoms with Gasteiger partial charge in [-0.25, -0.2) is 0 Å². The molecular formula is C18H30N2O2. The number of hydrogen-bond acceptors (Lipinski definition) is 3. The van der Waals surface area contributed by atoms with Crippen LogP contribution >= 0.6 is 0 Å². The zero-order valence-corrected chi connectivity index (χ0v) is 14.4. The van der Waals surface area contributed by atoms with E-state index in [9.17, 15) is 9.59 Å². The highest BCUT2D eigenvalue weighted by Crippen LogP contribution is 2.09. The van der Waals surface area contributed by atoms with Gasteiger partial charge in [-0.15, -0.1) is 5.92 Å². The van der Waals surface area contributed by atoms with Crippen LogP contribution in [0.3, 0.4) is 0 Å². The minimum atomic E-state index is 0.111. The van der Waals surface area contributed by atoms with Gasteiger partial charge in [0.1, 0.15) is 5.78 Å². The molecule has 0 aromatic rings. The highest BCUT2D eigenvalue weighted by atomic mass is 16.2. The van der Waals surface area contributed by atoms with E-state index in [1.165, 1.54) is 0 Å². The van der Waals surface area contributed by atoms with Crippen LogP contribution in [-0.2, 0) is 9.59 Å². The van der Waals surface area contributed by atoms with Gasteiger partial charge in [0.2, 0.25) is 5.91 Å². The third kappa shape index (κ3) is 7.09. The predicted molar refractivity (Wildman–Crippen MR) is 89.4 cm³/mol. The fourth-order valence-corrected chi connectivity index (χ4v) is 2.47. The van der Waals surface area contributed by atoms with Crippen LogP contribution in [0.2, 0.25) is 0 Å². The van der Waals surface area contributed by atoms with Crippen molar-refractivity contribution < 1.29 is 9.59 Å². The Morgan fingerprint density at radius 1 is 1.00 bits per heavy atom. The Bertz CT molecular complexity index is 413. The number of piperazine rings is 1. The maximum atomic E-state index is 12.1. The molecule has 1 amide bonds. The first-order valence-corrected chi connectivity index (χ1v) is 8.53. The van der Waals surface area contributed by atoms with E-state index >= 15 is 0 Å². The Kier molecular flexibility index (Phi) is 8.84. The van der Waals surface area contributed by atoms with Crippen molar-refractivity contribution in [2.75, 3.05) is 32.7 Å². The molecule has 0 bridgehead atoms. The molecule has 1 fully saturated rings. The zero-order valence-electron chi connectivity index (χ0n) is 14.4. The van der Waals surface area contributed by atoms with Crippen molar-refractivity contribution in [2.45, 2.75) is 52.9 Å². The van der Waals surface area contributed by atoms with Crippen molar-refractivity contribution in [3.8, 4) is 11.8 Å². The van der Waals surface area contributed by atoms with E-state index in [0.717, 1.165) is 52.0 Å². The molecule has 1 rings (SSSR count). The van der Waals surface area contributed by atoms with E-state index < -0.39 is 0 Å². The van der Waals surface area contributed by atoms with Gasteiger partial charge in [0.25, 0.3) is 0 Å². The summed E-state index contributed by atoms with van der Waals surface area (Å²) in [6.45, 7) is 10.2. The van der Waals surface area contributed by atoms with E-state index in [2.05, 4.69) is 23.7 Å². The molecule has 1 aliphatic rings. The van der Waals surface area contributed by atoms with Gasteiger partial charge in [-0.05, 0) is 12.8 Å². The molecule has 1 heterocycles. The van der Waals surface area contributed by atoms with Gasteiger partial charge in [-0.3, -0.25) is 14.5 Å². The number of unbranched alkanes of at least 4 members (excludes halogenated alkanes) is 1. The molecular weight excluding hydrogens is 276 g/mol. The number of rotatable bonds is 7. The second-order valence-corrected chi connectivity index (χ2v) is 6.19. The van der Waals surface area contributed by atoms with E-state index in [1.54, 1.807) is 0 Å². The average molecular weight is 306 g/mol. The Morgan fingerprint density at radius 3 is 2.23 bits per heavy atom. The molecule has 0 aromatic carbocycles. The summed E-state index contributed by atoms with van der Waals surface area (Å²) >= 11 is 0. The van der Waals surface area contributed by atoms with Gasteiger partial charge in [0.05, 0.1) is 6.54 Å². The van der Waals surface area contributed by atoms with Gasteiger partial charge in [-0.1, -0.05) is 26.7 Å². The molecule has 1 aliphatic heterocycles. The van der Waals surface area contributed by atoms with Crippen molar-refractivity contribution in [3.63, 3.8) is 0 Å². The first-order chi connectivity index (χ1) is 10.5. The van der Waals surface area contributed by atoms with Crippen LogP contribution < -0.4 is 0 Å². The van der Waals surface area contributed by atoms with Crippen molar-refractivity contribution in [3.05, 3.63) is 0 Å². The number of Topliss-reactive ketones (excluding diaryl/α,β-unsaturated/α-hetero) is 1. The second kappa shape index (κ2) is 10.4. The van der Waals surface area contributed by atoms with E-state index in [1.807, 2.05) is 18.7 Å². The normalized spacial score (nSPS) is 15.5. The molecule has 0 atom stereocenters. The van der Waals surface area contributed by atoms with Gasteiger partial charge in [0, 0.05) is 51.4 Å². The smallest absolute Gasteiger partial charge is 0.222 e. The van der Waals surface area contributed by atoms with E-state index in [0.29, 0.717) is 18.6 Å². The SMILES string of the molecule is CCC#CCN1CCN(C(=O)CCCCC(=O)C(C)C)CC1. The molecule has 0 saturated carbocycles. The standard InChI is InChI=1S/C18H30N2O2/c1-4-5-8-11-19-12-14-20(15-13-19)18(22)10-7-6-9-17(21)16(2)3/h16H,4,6-7,9-15H2,1-3H3. The Labute approximate surface area is 135 Å². The monoisotopic (exact) mass is 306 g/mol. The Hall–Kier alpha value is -1.34. The third-order valence-electron chi connectivity index (χ3n) is 4.04. The van der Waals surface area contributed by atoms with E-state index in [4.69, 9.17) is 0 Å². The first kappa shape index (κ1) is 18.7. The van der Waals surface area contributed by atoms with Crippen molar-refractivity contribution in [1.29, 1.82) is 0 Å². The van der Waals surface area contributed by atoms with Crippen molar-refractivity contribution in [1.82, 2.24) is 9.80 Å².